The molecule has 25 heavy (non-hydrogen) atoms. The van der Waals surface area contributed by atoms with Crippen LogP contribution < -0.4 is 10.9 Å². The summed E-state index contributed by atoms with van der Waals surface area (Å²) in [5, 5.41) is 10.5. The summed E-state index contributed by atoms with van der Waals surface area (Å²) in [5.74, 6) is 0.406. The number of rotatable bonds is 4. The van der Waals surface area contributed by atoms with Gasteiger partial charge < -0.3 is 10.3 Å². The van der Waals surface area contributed by atoms with E-state index in [0.29, 0.717) is 40.4 Å². The van der Waals surface area contributed by atoms with Crippen molar-refractivity contribution in [3.8, 4) is 0 Å². The topological polar surface area (TPSA) is 111 Å². The molecule has 0 amide bonds. The maximum absolute atomic E-state index is 12.5. The molecule has 2 aromatic heterocycles. The summed E-state index contributed by atoms with van der Waals surface area (Å²) in [7, 11) is -3.40. The van der Waals surface area contributed by atoms with Gasteiger partial charge in [0.15, 0.2) is 5.82 Å². The third kappa shape index (κ3) is 2.52. The average molecular weight is 359 g/mol. The molecule has 0 bridgehead atoms. The smallest absolute Gasteiger partial charge is 0.261 e. The number of sulfonamides is 1. The number of hydrogen-bond donors (Lipinski definition) is 3. The van der Waals surface area contributed by atoms with E-state index >= 15 is 0 Å². The summed E-state index contributed by atoms with van der Waals surface area (Å²) >= 11 is 0. The Morgan fingerprint density at radius 1 is 1.32 bits per heavy atom. The lowest BCUT2D eigenvalue weighted by Crippen LogP contribution is -2.24. The van der Waals surface area contributed by atoms with Crippen molar-refractivity contribution in [1.29, 1.82) is 0 Å². The third-order valence-electron chi connectivity index (χ3n) is 4.25. The largest absolute Gasteiger partial charge is 0.338 e. The standard InChI is InChI=1S/C16H17N5O3S/c1-2-7-21-9-10-8-11(3-4-13(10)25(21,23)24)18-15-14-12(19-20-15)5-6-17-16(14)22/h3-6,8H,2,7,9H2,1H3,(H,17,22)(H2,18,19,20). The van der Waals surface area contributed by atoms with Crippen molar-refractivity contribution in [3.63, 3.8) is 0 Å². The molecule has 0 atom stereocenters. The first-order valence-corrected chi connectivity index (χ1v) is 9.40. The second-order valence-electron chi connectivity index (χ2n) is 5.95. The van der Waals surface area contributed by atoms with Crippen LogP contribution >= 0.6 is 0 Å². The lowest BCUT2D eigenvalue weighted by molar-refractivity contribution is 0.424. The van der Waals surface area contributed by atoms with Crippen molar-refractivity contribution in [2.75, 3.05) is 11.9 Å². The Morgan fingerprint density at radius 2 is 2.16 bits per heavy atom. The van der Waals surface area contributed by atoms with E-state index in [0.717, 1.165) is 12.0 Å². The Hall–Kier alpha value is -2.65. The molecule has 9 heteroatoms. The van der Waals surface area contributed by atoms with Crippen LogP contribution in [-0.2, 0) is 16.6 Å². The highest BCUT2D eigenvalue weighted by atomic mass is 32.2. The molecule has 0 radical (unpaired) electrons. The summed E-state index contributed by atoms with van der Waals surface area (Å²) in [6.45, 7) is 2.81. The number of hydrogen-bond acceptors (Lipinski definition) is 5. The summed E-state index contributed by atoms with van der Waals surface area (Å²) < 4.78 is 26.4. The van der Waals surface area contributed by atoms with E-state index < -0.39 is 10.0 Å². The summed E-state index contributed by atoms with van der Waals surface area (Å²) in [5.41, 5.74) is 1.81. The van der Waals surface area contributed by atoms with Crippen molar-refractivity contribution >= 4 is 32.4 Å². The van der Waals surface area contributed by atoms with Crippen LogP contribution in [0, 0.1) is 0 Å². The van der Waals surface area contributed by atoms with E-state index in [-0.39, 0.29) is 5.56 Å². The molecular weight excluding hydrogens is 342 g/mol. The van der Waals surface area contributed by atoms with Crippen molar-refractivity contribution in [3.05, 3.63) is 46.4 Å². The molecule has 0 unspecified atom stereocenters. The molecule has 4 rings (SSSR count). The van der Waals surface area contributed by atoms with Crippen LogP contribution in [0.3, 0.4) is 0 Å². The quantitative estimate of drug-likeness (QED) is 0.659. The fraction of sp³-hybridized carbons (Fsp3) is 0.250. The van der Waals surface area contributed by atoms with Gasteiger partial charge in [0.2, 0.25) is 10.0 Å². The molecule has 1 aromatic carbocycles. The van der Waals surface area contributed by atoms with E-state index in [2.05, 4.69) is 20.5 Å². The average Bonchev–Trinajstić information content (AvgIpc) is 3.08. The zero-order valence-electron chi connectivity index (χ0n) is 13.5. The molecule has 3 N–H and O–H groups in total. The van der Waals surface area contributed by atoms with Gasteiger partial charge in [-0.2, -0.15) is 9.40 Å². The van der Waals surface area contributed by atoms with Gasteiger partial charge in [0.1, 0.15) is 5.39 Å². The van der Waals surface area contributed by atoms with Gasteiger partial charge in [0, 0.05) is 25.0 Å². The number of nitrogens with one attached hydrogen (secondary N) is 3. The zero-order valence-corrected chi connectivity index (χ0v) is 14.4. The number of fused-ring (bicyclic) bond motifs is 2. The van der Waals surface area contributed by atoms with Gasteiger partial charge in [-0.1, -0.05) is 6.92 Å². The molecule has 0 saturated carbocycles. The van der Waals surface area contributed by atoms with Crippen LogP contribution in [0.2, 0.25) is 0 Å². The molecule has 1 aliphatic heterocycles. The predicted molar refractivity (Wildman–Crippen MR) is 94.3 cm³/mol. The molecule has 3 heterocycles. The van der Waals surface area contributed by atoms with Gasteiger partial charge in [-0.3, -0.25) is 9.89 Å². The summed E-state index contributed by atoms with van der Waals surface area (Å²) in [4.78, 5) is 15.0. The molecule has 130 valence electrons. The Bertz CT molecular complexity index is 1120. The number of H-pyrrole nitrogens is 2. The molecule has 3 aromatic rings. The first-order valence-electron chi connectivity index (χ1n) is 7.96. The lowest BCUT2D eigenvalue weighted by Gasteiger charge is -2.12. The van der Waals surface area contributed by atoms with Crippen molar-refractivity contribution in [1.82, 2.24) is 19.5 Å². The molecule has 0 spiro atoms. The number of aromatic nitrogens is 3. The Balaban J connectivity index is 1.70. The maximum atomic E-state index is 12.5. The van der Waals surface area contributed by atoms with E-state index in [1.165, 1.54) is 4.31 Å². The predicted octanol–water partition coefficient (Wildman–Crippen LogP) is 1.91. The van der Waals surface area contributed by atoms with Gasteiger partial charge >= 0.3 is 0 Å². The van der Waals surface area contributed by atoms with Crippen molar-refractivity contribution in [2.45, 2.75) is 24.8 Å². The number of pyridine rings is 1. The number of aromatic amines is 2. The van der Waals surface area contributed by atoms with Crippen LogP contribution in [0.1, 0.15) is 18.9 Å². The van der Waals surface area contributed by atoms with E-state index in [1.54, 1.807) is 30.5 Å². The van der Waals surface area contributed by atoms with Crippen molar-refractivity contribution in [2.24, 2.45) is 0 Å². The highest BCUT2D eigenvalue weighted by Crippen LogP contribution is 2.33. The SMILES string of the molecule is CCCN1Cc2cc(Nc3n[nH]c4cc[nH]c(=O)c34)ccc2S1(=O)=O. The lowest BCUT2D eigenvalue weighted by atomic mass is 10.2. The van der Waals surface area contributed by atoms with E-state index in [9.17, 15) is 13.2 Å². The fourth-order valence-corrected chi connectivity index (χ4v) is 4.81. The van der Waals surface area contributed by atoms with Gasteiger partial charge in [0.25, 0.3) is 5.56 Å². The normalized spacial score (nSPS) is 16.2. The third-order valence-corrected chi connectivity index (χ3v) is 6.19. The van der Waals surface area contributed by atoms with Crippen LogP contribution in [0.5, 0.6) is 0 Å². The van der Waals surface area contributed by atoms with Crippen LogP contribution in [0.25, 0.3) is 10.9 Å². The van der Waals surface area contributed by atoms with Crippen LogP contribution in [-0.4, -0.2) is 34.4 Å². The van der Waals surface area contributed by atoms with Crippen LogP contribution in [0.15, 0.2) is 40.2 Å². The maximum Gasteiger partial charge on any atom is 0.261 e. The fourth-order valence-electron chi connectivity index (χ4n) is 3.10. The second kappa shape index (κ2) is 5.71. The minimum atomic E-state index is -3.40. The Kier molecular flexibility index (Phi) is 3.62. The highest BCUT2D eigenvalue weighted by molar-refractivity contribution is 7.89. The highest BCUT2D eigenvalue weighted by Gasteiger charge is 2.33. The number of anilines is 2. The first kappa shape index (κ1) is 15.9. The molecule has 0 fully saturated rings. The molecule has 1 aliphatic rings. The molecule has 0 aliphatic carbocycles. The van der Waals surface area contributed by atoms with Gasteiger partial charge in [-0.25, -0.2) is 8.42 Å². The molecule has 8 nitrogen and oxygen atoms in total. The number of nitrogens with zero attached hydrogens (tertiary/aromatic N) is 2. The monoisotopic (exact) mass is 359 g/mol. The van der Waals surface area contributed by atoms with Gasteiger partial charge in [0.05, 0.1) is 10.4 Å². The Labute approximate surface area is 143 Å². The summed E-state index contributed by atoms with van der Waals surface area (Å²) in [6.07, 6.45) is 2.32. The molecule has 0 saturated heterocycles. The minimum Gasteiger partial charge on any atom is -0.338 e. The zero-order chi connectivity index (χ0) is 17.6. The van der Waals surface area contributed by atoms with Gasteiger partial charge in [-0.05, 0) is 36.2 Å². The van der Waals surface area contributed by atoms with Crippen LogP contribution in [0.4, 0.5) is 11.5 Å². The van der Waals surface area contributed by atoms with Gasteiger partial charge in [-0.15, -0.1) is 0 Å². The minimum absolute atomic E-state index is 0.244. The first-order chi connectivity index (χ1) is 12.0. The summed E-state index contributed by atoms with van der Waals surface area (Å²) in [6, 6.07) is 6.80. The van der Waals surface area contributed by atoms with E-state index in [1.807, 2.05) is 6.92 Å². The molecular formula is C16H17N5O3S. The second-order valence-corrected chi connectivity index (χ2v) is 7.86. The Morgan fingerprint density at radius 3 is 2.96 bits per heavy atom. The van der Waals surface area contributed by atoms with Crippen molar-refractivity contribution < 1.29 is 8.42 Å². The number of benzene rings is 1. The van der Waals surface area contributed by atoms with E-state index in [4.69, 9.17) is 0 Å².